The molecule has 3 rings (SSSR count). The fourth-order valence-electron chi connectivity index (χ4n) is 2.18. The Morgan fingerprint density at radius 1 is 1.04 bits per heavy atom. The number of halogens is 3. The van der Waals surface area contributed by atoms with E-state index in [0.717, 1.165) is 21.3 Å². The van der Waals surface area contributed by atoms with Gasteiger partial charge in [-0.25, -0.2) is 4.68 Å². The van der Waals surface area contributed by atoms with E-state index in [2.05, 4.69) is 21.0 Å². The van der Waals surface area contributed by atoms with Crippen LogP contribution in [0.15, 0.2) is 63.9 Å². The third kappa shape index (κ3) is 3.83. The lowest BCUT2D eigenvalue weighted by Gasteiger charge is -2.09. The van der Waals surface area contributed by atoms with E-state index < -0.39 is 0 Å². The predicted octanol–water partition coefficient (Wildman–Crippen LogP) is 5.03. The SMILES string of the molecule is O=c1ccc(-c2cccc(Br)c2)nn1Cc1ccc(Cl)cc1Cl. The first-order chi connectivity index (χ1) is 11.0. The molecule has 116 valence electrons. The molecule has 0 N–H and O–H groups in total. The molecule has 0 fully saturated rings. The van der Waals surface area contributed by atoms with E-state index in [1.807, 2.05) is 24.3 Å². The van der Waals surface area contributed by atoms with Crippen LogP contribution in [-0.4, -0.2) is 9.78 Å². The van der Waals surface area contributed by atoms with Crippen molar-refractivity contribution in [1.29, 1.82) is 0 Å². The lowest BCUT2D eigenvalue weighted by atomic mass is 10.1. The van der Waals surface area contributed by atoms with Crippen LogP contribution in [0.5, 0.6) is 0 Å². The van der Waals surface area contributed by atoms with Gasteiger partial charge < -0.3 is 0 Å². The third-order valence-corrected chi connectivity index (χ3v) is 4.40. The summed E-state index contributed by atoms with van der Waals surface area (Å²) in [6.07, 6.45) is 0. The Labute approximate surface area is 151 Å². The Hall–Kier alpha value is -1.62. The molecule has 0 unspecified atom stereocenters. The van der Waals surface area contributed by atoms with Crippen LogP contribution in [0.4, 0.5) is 0 Å². The molecule has 0 aliphatic rings. The molecule has 0 amide bonds. The van der Waals surface area contributed by atoms with Crippen LogP contribution in [0.3, 0.4) is 0 Å². The van der Waals surface area contributed by atoms with Gasteiger partial charge in [-0.05, 0) is 35.9 Å². The van der Waals surface area contributed by atoms with Crippen molar-refractivity contribution < 1.29 is 0 Å². The minimum absolute atomic E-state index is 0.185. The van der Waals surface area contributed by atoms with Crippen molar-refractivity contribution in [3.63, 3.8) is 0 Å². The number of nitrogens with zero attached hydrogens (tertiary/aromatic N) is 2. The molecule has 0 aliphatic heterocycles. The highest BCUT2D eigenvalue weighted by molar-refractivity contribution is 9.10. The third-order valence-electron chi connectivity index (χ3n) is 3.32. The van der Waals surface area contributed by atoms with E-state index in [0.29, 0.717) is 10.0 Å². The van der Waals surface area contributed by atoms with Gasteiger partial charge >= 0.3 is 0 Å². The van der Waals surface area contributed by atoms with Gasteiger partial charge in [-0.1, -0.05) is 57.3 Å². The molecule has 2 aromatic carbocycles. The van der Waals surface area contributed by atoms with Crippen molar-refractivity contribution in [3.05, 3.63) is 85.0 Å². The molecule has 3 aromatic rings. The van der Waals surface area contributed by atoms with Crippen molar-refractivity contribution in [2.45, 2.75) is 6.54 Å². The lowest BCUT2D eigenvalue weighted by molar-refractivity contribution is 0.643. The van der Waals surface area contributed by atoms with E-state index in [1.54, 1.807) is 24.3 Å². The van der Waals surface area contributed by atoms with E-state index >= 15 is 0 Å². The molecule has 23 heavy (non-hydrogen) atoms. The molecular formula is C17H11BrCl2N2O. The first-order valence-electron chi connectivity index (χ1n) is 6.81. The number of benzene rings is 2. The van der Waals surface area contributed by atoms with Crippen LogP contribution in [0.1, 0.15) is 5.56 Å². The molecule has 0 saturated heterocycles. The van der Waals surface area contributed by atoms with Gasteiger partial charge in [-0.2, -0.15) is 5.10 Å². The van der Waals surface area contributed by atoms with Crippen LogP contribution in [0.25, 0.3) is 11.3 Å². The Morgan fingerprint density at radius 2 is 1.87 bits per heavy atom. The minimum Gasteiger partial charge on any atom is -0.268 e. The molecule has 1 heterocycles. The van der Waals surface area contributed by atoms with Crippen molar-refractivity contribution in [3.8, 4) is 11.3 Å². The molecule has 1 aromatic heterocycles. The number of hydrogen-bond acceptors (Lipinski definition) is 2. The first kappa shape index (κ1) is 16.2. The summed E-state index contributed by atoms with van der Waals surface area (Å²) in [5, 5.41) is 5.50. The molecule has 3 nitrogen and oxygen atoms in total. The Bertz CT molecular complexity index is 924. The summed E-state index contributed by atoms with van der Waals surface area (Å²) in [6.45, 7) is 0.288. The van der Waals surface area contributed by atoms with Gasteiger partial charge in [0.1, 0.15) is 0 Å². The predicted molar refractivity (Wildman–Crippen MR) is 97.2 cm³/mol. The molecule has 0 spiro atoms. The summed E-state index contributed by atoms with van der Waals surface area (Å²) in [6, 6.07) is 16.2. The van der Waals surface area contributed by atoms with Crippen molar-refractivity contribution in [1.82, 2.24) is 9.78 Å². The zero-order valence-corrected chi connectivity index (χ0v) is 14.9. The van der Waals surface area contributed by atoms with Gasteiger partial charge in [-0.15, -0.1) is 0 Å². The second-order valence-electron chi connectivity index (χ2n) is 4.96. The van der Waals surface area contributed by atoms with E-state index in [-0.39, 0.29) is 12.1 Å². The molecule has 0 saturated carbocycles. The van der Waals surface area contributed by atoms with Crippen LogP contribution in [-0.2, 0) is 6.54 Å². The summed E-state index contributed by atoms with van der Waals surface area (Å²) in [5.74, 6) is 0. The quantitative estimate of drug-likeness (QED) is 0.608. The van der Waals surface area contributed by atoms with Crippen molar-refractivity contribution in [2.75, 3.05) is 0 Å². The largest absolute Gasteiger partial charge is 0.268 e. The van der Waals surface area contributed by atoms with Crippen LogP contribution >= 0.6 is 39.1 Å². The number of hydrogen-bond donors (Lipinski definition) is 0. The molecule has 6 heteroatoms. The Balaban J connectivity index is 1.99. The Kier molecular flexibility index (Phi) is 4.85. The molecular weight excluding hydrogens is 399 g/mol. The topological polar surface area (TPSA) is 34.9 Å². The highest BCUT2D eigenvalue weighted by Gasteiger charge is 2.07. The maximum Gasteiger partial charge on any atom is 0.267 e. The summed E-state index contributed by atoms with van der Waals surface area (Å²) in [4.78, 5) is 12.1. The smallest absolute Gasteiger partial charge is 0.267 e. The molecule has 0 radical (unpaired) electrons. The zero-order valence-electron chi connectivity index (χ0n) is 11.8. The lowest BCUT2D eigenvalue weighted by Crippen LogP contribution is -2.23. The Morgan fingerprint density at radius 3 is 2.61 bits per heavy atom. The van der Waals surface area contributed by atoms with Gasteiger partial charge in [0.15, 0.2) is 0 Å². The maximum atomic E-state index is 12.1. The summed E-state index contributed by atoms with van der Waals surface area (Å²) in [5.41, 5.74) is 2.25. The van der Waals surface area contributed by atoms with Gasteiger partial charge in [0, 0.05) is 26.1 Å². The van der Waals surface area contributed by atoms with Gasteiger partial charge in [0.05, 0.1) is 12.2 Å². The van der Waals surface area contributed by atoms with E-state index in [4.69, 9.17) is 23.2 Å². The zero-order chi connectivity index (χ0) is 16.4. The fourth-order valence-corrected chi connectivity index (χ4v) is 3.04. The van der Waals surface area contributed by atoms with Gasteiger partial charge in [0.25, 0.3) is 5.56 Å². The maximum absolute atomic E-state index is 12.1. The van der Waals surface area contributed by atoms with Gasteiger partial charge in [0.2, 0.25) is 0 Å². The highest BCUT2D eigenvalue weighted by Crippen LogP contribution is 2.22. The van der Waals surface area contributed by atoms with Crippen LogP contribution < -0.4 is 5.56 Å². The molecule has 0 atom stereocenters. The second-order valence-corrected chi connectivity index (χ2v) is 6.72. The van der Waals surface area contributed by atoms with E-state index in [1.165, 1.54) is 10.7 Å². The fraction of sp³-hybridized carbons (Fsp3) is 0.0588. The molecule has 0 aliphatic carbocycles. The average molecular weight is 410 g/mol. The summed E-state index contributed by atoms with van der Waals surface area (Å²) < 4.78 is 2.35. The summed E-state index contributed by atoms with van der Waals surface area (Å²) in [7, 11) is 0. The van der Waals surface area contributed by atoms with Crippen molar-refractivity contribution in [2.24, 2.45) is 0 Å². The average Bonchev–Trinajstić information content (AvgIpc) is 2.52. The van der Waals surface area contributed by atoms with Crippen molar-refractivity contribution >= 4 is 39.1 Å². The van der Waals surface area contributed by atoms with Crippen LogP contribution in [0.2, 0.25) is 10.0 Å². The van der Waals surface area contributed by atoms with Gasteiger partial charge in [-0.3, -0.25) is 4.79 Å². The number of aromatic nitrogens is 2. The normalized spacial score (nSPS) is 10.7. The molecule has 0 bridgehead atoms. The standard InChI is InChI=1S/C17H11BrCl2N2O/c18-13-3-1-2-11(8-13)16-6-7-17(23)22(21-16)10-12-4-5-14(19)9-15(12)20/h1-9H,10H2. The van der Waals surface area contributed by atoms with E-state index in [9.17, 15) is 4.79 Å². The van der Waals surface area contributed by atoms with Crippen LogP contribution in [0, 0.1) is 0 Å². The second kappa shape index (κ2) is 6.87. The minimum atomic E-state index is -0.185. The summed E-state index contributed by atoms with van der Waals surface area (Å²) >= 11 is 15.5. The monoisotopic (exact) mass is 408 g/mol. The first-order valence-corrected chi connectivity index (χ1v) is 8.36. The highest BCUT2D eigenvalue weighted by atomic mass is 79.9. The number of rotatable bonds is 3.